The van der Waals surface area contributed by atoms with Crippen LogP contribution in [-0.4, -0.2) is 16.7 Å². The summed E-state index contributed by atoms with van der Waals surface area (Å²) >= 11 is 0. The van der Waals surface area contributed by atoms with Crippen molar-refractivity contribution in [2.24, 2.45) is 0 Å². The van der Waals surface area contributed by atoms with E-state index in [9.17, 15) is 0 Å². The third-order valence-electron chi connectivity index (χ3n) is 2.08. The lowest BCUT2D eigenvalue weighted by Gasteiger charge is -2.04. The van der Waals surface area contributed by atoms with E-state index in [1.165, 1.54) is 4.68 Å². The number of imidazole rings is 1. The molecule has 0 amide bonds. The molecule has 0 atom stereocenters. The van der Waals surface area contributed by atoms with E-state index in [0.717, 1.165) is 17.2 Å². The highest BCUT2D eigenvalue weighted by Crippen LogP contribution is 2.18. The van der Waals surface area contributed by atoms with E-state index in [1.54, 1.807) is 6.20 Å². The number of rotatable bonds is 2. The second-order valence-electron chi connectivity index (χ2n) is 2.95. The highest BCUT2D eigenvalue weighted by Gasteiger charge is 2.06. The third-order valence-corrected chi connectivity index (χ3v) is 2.08. The zero-order valence-electron chi connectivity index (χ0n) is 7.94. The Hall–Kier alpha value is -1.97. The van der Waals surface area contributed by atoms with Crippen molar-refractivity contribution in [2.45, 2.75) is 0 Å². The quantitative estimate of drug-likeness (QED) is 0.698. The Kier molecular flexibility index (Phi) is 2.10. The van der Waals surface area contributed by atoms with Gasteiger partial charge in [0.15, 0.2) is 5.82 Å². The Balaban J connectivity index is 2.48. The molecule has 14 heavy (non-hydrogen) atoms. The summed E-state index contributed by atoms with van der Waals surface area (Å²) < 4.78 is 1.54. The number of nitrogen functional groups attached to an aromatic ring is 1. The number of anilines is 1. The van der Waals surface area contributed by atoms with Gasteiger partial charge in [0.05, 0.1) is 6.20 Å². The minimum absolute atomic E-state index is 0.759. The monoisotopic (exact) mass is 188 g/mol. The second kappa shape index (κ2) is 3.41. The maximum absolute atomic E-state index is 5.84. The minimum Gasteiger partial charge on any atom is -0.372 e. The van der Waals surface area contributed by atoms with Crippen molar-refractivity contribution in [3.8, 4) is 11.4 Å². The molecular formula is C10H12N4. The molecule has 0 aliphatic rings. The lowest BCUT2D eigenvalue weighted by atomic mass is 10.2. The smallest absolute Gasteiger partial charge is 0.160 e. The summed E-state index contributed by atoms with van der Waals surface area (Å²) in [7, 11) is 1.81. The van der Waals surface area contributed by atoms with E-state index in [4.69, 9.17) is 5.84 Å². The van der Waals surface area contributed by atoms with Crippen LogP contribution in [0.2, 0.25) is 0 Å². The average Bonchev–Trinajstić information content (AvgIpc) is 2.61. The van der Waals surface area contributed by atoms with Gasteiger partial charge in [-0.1, -0.05) is 30.3 Å². The lowest BCUT2D eigenvalue weighted by Crippen LogP contribution is -2.12. The first-order valence-corrected chi connectivity index (χ1v) is 4.39. The van der Waals surface area contributed by atoms with Crippen LogP contribution >= 0.6 is 0 Å². The van der Waals surface area contributed by atoms with Crippen molar-refractivity contribution in [2.75, 3.05) is 18.2 Å². The fourth-order valence-corrected chi connectivity index (χ4v) is 1.35. The van der Waals surface area contributed by atoms with Crippen LogP contribution in [0.4, 0.5) is 5.82 Å². The van der Waals surface area contributed by atoms with Crippen LogP contribution in [0.5, 0.6) is 0 Å². The van der Waals surface area contributed by atoms with Crippen LogP contribution in [0.1, 0.15) is 0 Å². The number of nitrogens with zero attached hydrogens (tertiary/aromatic N) is 2. The van der Waals surface area contributed by atoms with Crippen molar-refractivity contribution < 1.29 is 0 Å². The van der Waals surface area contributed by atoms with Crippen LogP contribution in [0, 0.1) is 0 Å². The Morgan fingerprint density at radius 3 is 2.57 bits per heavy atom. The fraction of sp³-hybridized carbons (Fsp3) is 0.100. The Morgan fingerprint density at radius 2 is 2.00 bits per heavy atom. The van der Waals surface area contributed by atoms with Gasteiger partial charge in [-0.05, 0) is 0 Å². The molecular weight excluding hydrogens is 176 g/mol. The van der Waals surface area contributed by atoms with Crippen LogP contribution in [0.25, 0.3) is 11.4 Å². The van der Waals surface area contributed by atoms with Gasteiger partial charge in [0.1, 0.15) is 5.82 Å². The number of hydrogen-bond donors (Lipinski definition) is 2. The molecule has 0 radical (unpaired) electrons. The zero-order chi connectivity index (χ0) is 9.97. The molecule has 0 aliphatic carbocycles. The molecule has 1 aromatic carbocycles. The van der Waals surface area contributed by atoms with E-state index in [1.807, 2.05) is 37.4 Å². The summed E-state index contributed by atoms with van der Waals surface area (Å²) in [6.07, 6.45) is 1.71. The van der Waals surface area contributed by atoms with Crippen molar-refractivity contribution in [1.82, 2.24) is 9.66 Å². The van der Waals surface area contributed by atoms with Crippen LogP contribution < -0.4 is 11.2 Å². The third kappa shape index (κ3) is 1.31. The van der Waals surface area contributed by atoms with Gasteiger partial charge in [0.2, 0.25) is 0 Å². The second-order valence-corrected chi connectivity index (χ2v) is 2.95. The van der Waals surface area contributed by atoms with Crippen molar-refractivity contribution in [1.29, 1.82) is 0 Å². The molecule has 0 bridgehead atoms. The fourth-order valence-electron chi connectivity index (χ4n) is 1.35. The predicted octanol–water partition coefficient (Wildman–Crippen LogP) is 1.31. The highest BCUT2D eigenvalue weighted by molar-refractivity contribution is 5.59. The molecule has 4 heteroatoms. The Morgan fingerprint density at radius 1 is 1.29 bits per heavy atom. The topological polar surface area (TPSA) is 55.9 Å². The molecule has 0 aliphatic heterocycles. The molecule has 2 aromatic rings. The normalized spacial score (nSPS) is 10.1. The van der Waals surface area contributed by atoms with Gasteiger partial charge in [-0.3, -0.25) is 0 Å². The first kappa shape index (κ1) is 8.62. The van der Waals surface area contributed by atoms with E-state index in [-0.39, 0.29) is 0 Å². The maximum atomic E-state index is 5.84. The molecule has 0 fully saturated rings. The van der Waals surface area contributed by atoms with Crippen molar-refractivity contribution >= 4 is 5.82 Å². The highest BCUT2D eigenvalue weighted by atomic mass is 15.4. The van der Waals surface area contributed by atoms with Crippen molar-refractivity contribution in [3.05, 3.63) is 36.5 Å². The van der Waals surface area contributed by atoms with Gasteiger partial charge in [-0.25, -0.2) is 9.66 Å². The number of aromatic nitrogens is 2. The standard InChI is InChI=1S/C10H12N4/c1-12-9-7-13-10(14(9)11)8-5-3-2-4-6-8/h2-7,12H,11H2,1H3. The number of nitrogens with two attached hydrogens (primary N) is 1. The number of benzene rings is 1. The van der Waals surface area contributed by atoms with Gasteiger partial charge in [-0.2, -0.15) is 0 Å². The Bertz CT molecular complexity index is 419. The van der Waals surface area contributed by atoms with Crippen molar-refractivity contribution in [3.63, 3.8) is 0 Å². The maximum Gasteiger partial charge on any atom is 0.160 e. The molecule has 1 aromatic heterocycles. The van der Waals surface area contributed by atoms with Gasteiger partial charge < -0.3 is 11.2 Å². The molecule has 0 spiro atoms. The average molecular weight is 188 g/mol. The summed E-state index contributed by atoms with van der Waals surface area (Å²) in [4.78, 5) is 4.23. The Labute approximate surface area is 82.4 Å². The van der Waals surface area contributed by atoms with Crippen LogP contribution in [-0.2, 0) is 0 Å². The molecule has 0 unspecified atom stereocenters. The van der Waals surface area contributed by atoms with Gasteiger partial charge in [0, 0.05) is 12.6 Å². The first-order chi connectivity index (χ1) is 6.83. The predicted molar refractivity (Wildman–Crippen MR) is 57.4 cm³/mol. The zero-order valence-corrected chi connectivity index (χ0v) is 7.94. The molecule has 4 nitrogen and oxygen atoms in total. The number of hydrogen-bond acceptors (Lipinski definition) is 3. The minimum atomic E-state index is 0.759. The van der Waals surface area contributed by atoms with Gasteiger partial charge in [-0.15, -0.1) is 0 Å². The summed E-state index contributed by atoms with van der Waals surface area (Å²) in [5.41, 5.74) is 1.01. The molecule has 3 N–H and O–H groups in total. The molecule has 0 saturated heterocycles. The number of nitrogens with one attached hydrogen (secondary N) is 1. The molecule has 0 saturated carbocycles. The summed E-state index contributed by atoms with van der Waals surface area (Å²) in [6, 6.07) is 9.84. The molecule has 2 rings (SSSR count). The van der Waals surface area contributed by atoms with E-state index in [0.29, 0.717) is 0 Å². The largest absolute Gasteiger partial charge is 0.372 e. The molecule has 72 valence electrons. The van der Waals surface area contributed by atoms with Crippen LogP contribution in [0.3, 0.4) is 0 Å². The summed E-state index contributed by atoms with van der Waals surface area (Å²) in [5, 5.41) is 2.96. The SMILES string of the molecule is CNc1cnc(-c2ccccc2)n1N. The van der Waals surface area contributed by atoms with Crippen LogP contribution in [0.15, 0.2) is 36.5 Å². The molecule has 1 heterocycles. The van der Waals surface area contributed by atoms with E-state index >= 15 is 0 Å². The van der Waals surface area contributed by atoms with Gasteiger partial charge >= 0.3 is 0 Å². The lowest BCUT2D eigenvalue weighted by molar-refractivity contribution is 1.01. The van der Waals surface area contributed by atoms with E-state index < -0.39 is 0 Å². The summed E-state index contributed by atoms with van der Waals surface area (Å²) in [6.45, 7) is 0. The summed E-state index contributed by atoms with van der Waals surface area (Å²) in [5.74, 6) is 7.39. The van der Waals surface area contributed by atoms with Gasteiger partial charge in [0.25, 0.3) is 0 Å². The first-order valence-electron chi connectivity index (χ1n) is 4.39. The van der Waals surface area contributed by atoms with E-state index in [2.05, 4.69) is 10.3 Å².